The Hall–Kier alpha value is -0.120. The van der Waals surface area contributed by atoms with Crippen molar-refractivity contribution in [1.82, 2.24) is 5.32 Å². The molecule has 1 N–H and O–H groups in total. The lowest BCUT2D eigenvalue weighted by Gasteiger charge is -2.11. The van der Waals surface area contributed by atoms with Gasteiger partial charge in [-0.25, -0.2) is 0 Å². The number of hydrogen-bond acceptors (Lipinski definition) is 3. The van der Waals surface area contributed by atoms with E-state index in [2.05, 4.69) is 12.2 Å². The SMILES string of the molecule is CCC[C@@H]1C[C@@H](OCCOCC)CN1. The molecule has 0 spiro atoms. The average Bonchev–Trinajstić information content (AvgIpc) is 2.61. The van der Waals surface area contributed by atoms with E-state index in [9.17, 15) is 0 Å². The normalized spacial score (nSPS) is 27.0. The van der Waals surface area contributed by atoms with Crippen LogP contribution in [0.25, 0.3) is 0 Å². The zero-order valence-corrected chi connectivity index (χ0v) is 9.42. The van der Waals surface area contributed by atoms with Gasteiger partial charge in [0.2, 0.25) is 0 Å². The average molecular weight is 201 g/mol. The van der Waals surface area contributed by atoms with Crippen molar-refractivity contribution >= 4 is 0 Å². The molecule has 0 saturated carbocycles. The number of hydrogen-bond donors (Lipinski definition) is 1. The summed E-state index contributed by atoms with van der Waals surface area (Å²) >= 11 is 0. The predicted octanol–water partition coefficient (Wildman–Crippen LogP) is 1.57. The Kier molecular flexibility index (Phi) is 6.15. The highest BCUT2D eigenvalue weighted by atomic mass is 16.5. The number of ether oxygens (including phenoxy) is 2. The van der Waals surface area contributed by atoms with Gasteiger partial charge in [-0.1, -0.05) is 13.3 Å². The van der Waals surface area contributed by atoms with Crippen molar-refractivity contribution in [1.29, 1.82) is 0 Å². The van der Waals surface area contributed by atoms with Crippen LogP contribution < -0.4 is 5.32 Å². The first kappa shape index (κ1) is 12.0. The lowest BCUT2D eigenvalue weighted by atomic mass is 10.1. The van der Waals surface area contributed by atoms with Crippen LogP contribution in [0.15, 0.2) is 0 Å². The first-order valence-electron chi connectivity index (χ1n) is 5.79. The molecule has 1 aliphatic heterocycles. The Morgan fingerprint density at radius 1 is 1.29 bits per heavy atom. The summed E-state index contributed by atoms with van der Waals surface area (Å²) in [6, 6.07) is 0.678. The third-order valence-corrected chi connectivity index (χ3v) is 2.60. The van der Waals surface area contributed by atoms with Crippen LogP contribution in [0.1, 0.15) is 33.1 Å². The minimum absolute atomic E-state index is 0.409. The smallest absolute Gasteiger partial charge is 0.0715 e. The topological polar surface area (TPSA) is 30.5 Å². The van der Waals surface area contributed by atoms with Crippen LogP contribution in [0, 0.1) is 0 Å². The van der Waals surface area contributed by atoms with Crippen LogP contribution in [0.4, 0.5) is 0 Å². The molecule has 0 aromatic carbocycles. The first-order chi connectivity index (χ1) is 6.86. The maximum atomic E-state index is 5.69. The van der Waals surface area contributed by atoms with Crippen molar-refractivity contribution in [2.75, 3.05) is 26.4 Å². The van der Waals surface area contributed by atoms with Crippen molar-refractivity contribution in [3.05, 3.63) is 0 Å². The zero-order valence-electron chi connectivity index (χ0n) is 9.42. The predicted molar refractivity (Wildman–Crippen MR) is 57.5 cm³/mol. The van der Waals surface area contributed by atoms with E-state index < -0.39 is 0 Å². The van der Waals surface area contributed by atoms with Gasteiger partial charge >= 0.3 is 0 Å². The quantitative estimate of drug-likeness (QED) is 0.634. The molecule has 0 aromatic heterocycles. The first-order valence-corrected chi connectivity index (χ1v) is 5.79. The Bertz CT molecular complexity index is 141. The standard InChI is InChI=1S/C11H23NO2/c1-3-5-10-8-11(9-12-10)14-7-6-13-4-2/h10-12H,3-9H2,1-2H3/t10-,11-/m1/s1. The van der Waals surface area contributed by atoms with Crippen molar-refractivity contribution in [2.24, 2.45) is 0 Å². The minimum atomic E-state index is 0.409. The van der Waals surface area contributed by atoms with Gasteiger partial charge in [-0.2, -0.15) is 0 Å². The Morgan fingerprint density at radius 2 is 2.14 bits per heavy atom. The summed E-state index contributed by atoms with van der Waals surface area (Å²) in [6.07, 6.45) is 4.10. The minimum Gasteiger partial charge on any atom is -0.379 e. The molecule has 1 saturated heterocycles. The van der Waals surface area contributed by atoms with Crippen molar-refractivity contribution in [2.45, 2.75) is 45.3 Å². The maximum absolute atomic E-state index is 5.69. The lowest BCUT2D eigenvalue weighted by Crippen LogP contribution is -2.21. The van der Waals surface area contributed by atoms with Gasteiger partial charge in [-0.3, -0.25) is 0 Å². The van der Waals surface area contributed by atoms with Crippen molar-refractivity contribution in [3.8, 4) is 0 Å². The van der Waals surface area contributed by atoms with Crippen LogP contribution >= 0.6 is 0 Å². The van der Waals surface area contributed by atoms with E-state index in [0.717, 1.165) is 26.4 Å². The van der Waals surface area contributed by atoms with Gasteiger partial charge < -0.3 is 14.8 Å². The van der Waals surface area contributed by atoms with Gasteiger partial charge in [0.05, 0.1) is 19.3 Å². The van der Waals surface area contributed by atoms with Gasteiger partial charge in [0.15, 0.2) is 0 Å². The molecule has 0 bridgehead atoms. The van der Waals surface area contributed by atoms with E-state index in [0.29, 0.717) is 12.1 Å². The molecule has 3 heteroatoms. The molecule has 0 unspecified atom stereocenters. The van der Waals surface area contributed by atoms with E-state index in [-0.39, 0.29) is 0 Å². The summed E-state index contributed by atoms with van der Waals surface area (Å²) in [4.78, 5) is 0. The van der Waals surface area contributed by atoms with Gasteiger partial charge in [0.1, 0.15) is 0 Å². The monoisotopic (exact) mass is 201 g/mol. The second kappa shape index (κ2) is 7.21. The third kappa shape index (κ3) is 4.40. The van der Waals surface area contributed by atoms with Gasteiger partial charge in [-0.05, 0) is 19.8 Å². The van der Waals surface area contributed by atoms with Crippen LogP contribution in [0.5, 0.6) is 0 Å². The Balaban J connectivity index is 1.98. The van der Waals surface area contributed by atoms with E-state index in [1.54, 1.807) is 0 Å². The molecule has 3 nitrogen and oxygen atoms in total. The van der Waals surface area contributed by atoms with E-state index in [1.807, 2.05) is 6.92 Å². The highest BCUT2D eigenvalue weighted by Gasteiger charge is 2.23. The molecular formula is C11H23NO2. The molecule has 0 aromatic rings. The molecule has 0 amide bonds. The maximum Gasteiger partial charge on any atom is 0.0715 e. The molecule has 1 aliphatic rings. The third-order valence-electron chi connectivity index (χ3n) is 2.60. The molecule has 84 valence electrons. The molecule has 2 atom stereocenters. The highest BCUT2D eigenvalue weighted by Crippen LogP contribution is 2.14. The molecule has 1 fully saturated rings. The zero-order chi connectivity index (χ0) is 10.2. The molecule has 1 rings (SSSR count). The number of rotatable bonds is 7. The van der Waals surface area contributed by atoms with E-state index in [1.165, 1.54) is 19.3 Å². The fourth-order valence-corrected chi connectivity index (χ4v) is 1.90. The Morgan fingerprint density at radius 3 is 2.86 bits per heavy atom. The van der Waals surface area contributed by atoms with E-state index in [4.69, 9.17) is 9.47 Å². The second-order valence-corrected chi connectivity index (χ2v) is 3.82. The molecule has 1 heterocycles. The molecule has 0 aliphatic carbocycles. The van der Waals surface area contributed by atoms with Crippen LogP contribution in [-0.4, -0.2) is 38.5 Å². The summed E-state index contributed by atoms with van der Waals surface area (Å²) in [5.74, 6) is 0. The summed E-state index contributed by atoms with van der Waals surface area (Å²) in [5.41, 5.74) is 0. The van der Waals surface area contributed by atoms with E-state index >= 15 is 0 Å². The molecular weight excluding hydrogens is 178 g/mol. The van der Waals surface area contributed by atoms with Crippen LogP contribution in [0.3, 0.4) is 0 Å². The molecule has 14 heavy (non-hydrogen) atoms. The highest BCUT2D eigenvalue weighted by molar-refractivity contribution is 4.81. The summed E-state index contributed by atoms with van der Waals surface area (Å²) in [6.45, 7) is 7.49. The summed E-state index contributed by atoms with van der Waals surface area (Å²) in [5, 5.41) is 3.48. The fourth-order valence-electron chi connectivity index (χ4n) is 1.90. The lowest BCUT2D eigenvalue weighted by molar-refractivity contribution is 0.0152. The van der Waals surface area contributed by atoms with Gasteiger partial charge in [0.25, 0.3) is 0 Å². The summed E-state index contributed by atoms with van der Waals surface area (Å²) < 4.78 is 10.9. The number of nitrogens with one attached hydrogen (secondary N) is 1. The largest absolute Gasteiger partial charge is 0.379 e. The van der Waals surface area contributed by atoms with Gasteiger partial charge in [-0.15, -0.1) is 0 Å². The summed E-state index contributed by atoms with van der Waals surface area (Å²) in [7, 11) is 0. The van der Waals surface area contributed by atoms with Crippen LogP contribution in [-0.2, 0) is 9.47 Å². The van der Waals surface area contributed by atoms with Crippen molar-refractivity contribution in [3.63, 3.8) is 0 Å². The van der Waals surface area contributed by atoms with Gasteiger partial charge in [0, 0.05) is 19.2 Å². The second-order valence-electron chi connectivity index (χ2n) is 3.82. The Labute approximate surface area is 87.2 Å². The fraction of sp³-hybridized carbons (Fsp3) is 1.00. The van der Waals surface area contributed by atoms with Crippen molar-refractivity contribution < 1.29 is 9.47 Å². The molecule has 0 radical (unpaired) electrons. The van der Waals surface area contributed by atoms with Crippen LogP contribution in [0.2, 0.25) is 0 Å².